The van der Waals surface area contributed by atoms with Gasteiger partial charge in [-0.15, -0.1) is 11.3 Å². The quantitative estimate of drug-likeness (QED) is 0.254. The van der Waals surface area contributed by atoms with Crippen LogP contribution in [0.25, 0.3) is 0 Å². The second-order valence-electron chi connectivity index (χ2n) is 9.14. The number of hydrogen-bond acceptors (Lipinski definition) is 8. The summed E-state index contributed by atoms with van der Waals surface area (Å²) in [6.07, 6.45) is 2.04. The van der Waals surface area contributed by atoms with Gasteiger partial charge in [-0.1, -0.05) is 42.5 Å². The first-order valence-corrected chi connectivity index (χ1v) is 13.7. The van der Waals surface area contributed by atoms with Crippen molar-refractivity contribution in [2.75, 3.05) is 25.6 Å². The molecule has 1 amide bonds. The molecule has 2 aromatic carbocycles. The summed E-state index contributed by atoms with van der Waals surface area (Å²) in [5.41, 5.74) is 2.95. The third kappa shape index (κ3) is 7.11. The van der Waals surface area contributed by atoms with Gasteiger partial charge in [-0.25, -0.2) is 4.79 Å². The number of carbonyl (C=O) groups is 4. The summed E-state index contributed by atoms with van der Waals surface area (Å²) in [4.78, 5) is 51.1. The fourth-order valence-corrected chi connectivity index (χ4v) is 5.94. The number of carbonyl (C=O) groups excluding carboxylic acids is 4. The minimum Gasteiger partial charge on any atom is -0.497 e. The number of thiophene rings is 1. The molecule has 0 radical (unpaired) electrons. The molecule has 1 atom stereocenters. The molecular formula is C30H31NO7S. The van der Waals surface area contributed by atoms with Crippen molar-refractivity contribution in [3.8, 4) is 5.75 Å². The lowest BCUT2D eigenvalue weighted by Crippen LogP contribution is -2.19. The molecule has 1 heterocycles. The van der Waals surface area contributed by atoms with Crippen LogP contribution in [0.4, 0.5) is 5.00 Å². The van der Waals surface area contributed by atoms with Crippen LogP contribution in [0, 0.1) is 0 Å². The van der Waals surface area contributed by atoms with Gasteiger partial charge >= 0.3 is 11.9 Å². The Morgan fingerprint density at radius 2 is 1.79 bits per heavy atom. The Hall–Kier alpha value is -3.98. The van der Waals surface area contributed by atoms with E-state index in [1.807, 2.05) is 18.2 Å². The average molecular weight is 550 g/mol. The molecule has 9 heteroatoms. The van der Waals surface area contributed by atoms with Gasteiger partial charge in [0.1, 0.15) is 10.8 Å². The Balaban J connectivity index is 1.36. The van der Waals surface area contributed by atoms with Gasteiger partial charge in [0.15, 0.2) is 12.4 Å². The zero-order valence-electron chi connectivity index (χ0n) is 22.0. The lowest BCUT2D eigenvalue weighted by atomic mass is 9.83. The molecular weight excluding hydrogens is 518 g/mol. The number of amides is 1. The Bertz CT molecular complexity index is 1350. The fraction of sp³-hybridized carbons (Fsp3) is 0.333. The van der Waals surface area contributed by atoms with Crippen LogP contribution in [-0.2, 0) is 31.9 Å². The molecule has 0 unspecified atom stereocenters. The smallest absolute Gasteiger partial charge is 0.341 e. The van der Waals surface area contributed by atoms with Crippen LogP contribution in [0.15, 0.2) is 54.6 Å². The minimum absolute atomic E-state index is 0.149. The van der Waals surface area contributed by atoms with Crippen LogP contribution < -0.4 is 10.1 Å². The lowest BCUT2D eigenvalue weighted by Gasteiger charge is -2.23. The van der Waals surface area contributed by atoms with Gasteiger partial charge in [-0.05, 0) is 55.4 Å². The van der Waals surface area contributed by atoms with E-state index in [2.05, 4.69) is 17.4 Å². The number of ketones is 1. The summed E-state index contributed by atoms with van der Waals surface area (Å²) in [6.45, 7) is 1.54. The highest BCUT2D eigenvalue weighted by Crippen LogP contribution is 2.42. The Kier molecular flexibility index (Phi) is 9.49. The minimum atomic E-state index is -0.664. The molecule has 204 valence electrons. The lowest BCUT2D eigenvalue weighted by molar-refractivity contribution is -0.143. The number of anilines is 1. The number of rotatable bonds is 11. The van der Waals surface area contributed by atoms with Crippen molar-refractivity contribution in [2.24, 2.45) is 0 Å². The third-order valence-electron chi connectivity index (χ3n) is 6.58. The molecule has 8 nitrogen and oxygen atoms in total. The first-order chi connectivity index (χ1) is 18.9. The number of Topliss-reactive ketones (excluding diaryl/α,β-unsaturated/α-hetero) is 1. The van der Waals surface area contributed by atoms with Crippen molar-refractivity contribution in [1.82, 2.24) is 0 Å². The van der Waals surface area contributed by atoms with Crippen molar-refractivity contribution in [2.45, 2.75) is 44.9 Å². The number of hydrogen-bond donors (Lipinski definition) is 1. The molecule has 0 saturated heterocycles. The highest BCUT2D eigenvalue weighted by molar-refractivity contribution is 7.17. The van der Waals surface area contributed by atoms with E-state index < -0.39 is 24.5 Å². The third-order valence-corrected chi connectivity index (χ3v) is 7.75. The standard InChI is InChI=1S/C30H31NO7S/c1-3-37-30(35)28-23-13-12-20(19-8-5-4-6-9-19)17-25(23)39-29(28)31-26(33)14-15-27(34)38-18-24(32)21-10-7-11-22(16-21)36-2/h4-11,16,20H,3,12-15,17-18H2,1-2H3,(H,31,33)/t20-/m1/s1. The zero-order valence-corrected chi connectivity index (χ0v) is 22.8. The second-order valence-corrected chi connectivity index (χ2v) is 10.2. The van der Waals surface area contributed by atoms with E-state index in [0.29, 0.717) is 34.2 Å². The van der Waals surface area contributed by atoms with Gasteiger partial charge in [0.05, 0.1) is 25.7 Å². The predicted octanol–water partition coefficient (Wildman–Crippen LogP) is 5.35. The van der Waals surface area contributed by atoms with Crippen molar-refractivity contribution < 1.29 is 33.4 Å². The fourth-order valence-electron chi connectivity index (χ4n) is 4.61. The average Bonchev–Trinajstić information content (AvgIpc) is 3.32. The highest BCUT2D eigenvalue weighted by atomic mass is 32.1. The maximum atomic E-state index is 12.8. The number of fused-ring (bicyclic) bond motifs is 1. The first kappa shape index (κ1) is 28.0. The largest absolute Gasteiger partial charge is 0.497 e. The molecule has 1 N–H and O–H groups in total. The Morgan fingerprint density at radius 1 is 1.00 bits per heavy atom. The maximum Gasteiger partial charge on any atom is 0.341 e. The summed E-state index contributed by atoms with van der Waals surface area (Å²) in [6, 6.07) is 16.8. The van der Waals surface area contributed by atoms with Gasteiger partial charge in [0.2, 0.25) is 5.91 Å². The van der Waals surface area contributed by atoms with E-state index in [4.69, 9.17) is 14.2 Å². The van der Waals surface area contributed by atoms with Crippen LogP contribution in [-0.4, -0.2) is 44.0 Å². The molecule has 0 bridgehead atoms. The number of nitrogens with one attached hydrogen (secondary N) is 1. The van der Waals surface area contributed by atoms with Gasteiger partial charge in [0, 0.05) is 16.9 Å². The molecule has 0 spiro atoms. The summed E-state index contributed by atoms with van der Waals surface area (Å²) in [5.74, 6) is -1.05. The van der Waals surface area contributed by atoms with Gasteiger partial charge in [-0.2, -0.15) is 0 Å². The predicted molar refractivity (Wildman–Crippen MR) is 148 cm³/mol. The molecule has 3 aromatic rings. The van der Waals surface area contributed by atoms with Crippen molar-refractivity contribution in [1.29, 1.82) is 0 Å². The van der Waals surface area contributed by atoms with Crippen LogP contribution in [0.2, 0.25) is 0 Å². The zero-order chi connectivity index (χ0) is 27.8. The normalized spacial score (nSPS) is 14.2. The summed E-state index contributed by atoms with van der Waals surface area (Å²) in [5, 5.41) is 3.25. The van der Waals surface area contributed by atoms with Crippen molar-refractivity contribution in [3.63, 3.8) is 0 Å². The van der Waals surface area contributed by atoms with Crippen LogP contribution in [0.3, 0.4) is 0 Å². The molecule has 0 saturated carbocycles. The van der Waals surface area contributed by atoms with E-state index in [1.165, 1.54) is 24.0 Å². The highest BCUT2D eigenvalue weighted by Gasteiger charge is 2.31. The summed E-state index contributed by atoms with van der Waals surface area (Å²) >= 11 is 1.39. The number of methoxy groups -OCH3 is 1. The molecule has 0 aliphatic heterocycles. The van der Waals surface area contributed by atoms with Crippen LogP contribution in [0.5, 0.6) is 5.75 Å². The number of esters is 2. The summed E-state index contributed by atoms with van der Waals surface area (Å²) < 4.78 is 15.5. The maximum absolute atomic E-state index is 12.8. The molecule has 1 aromatic heterocycles. The van der Waals surface area contributed by atoms with Crippen molar-refractivity contribution in [3.05, 3.63) is 81.7 Å². The molecule has 39 heavy (non-hydrogen) atoms. The van der Waals surface area contributed by atoms with E-state index in [1.54, 1.807) is 31.2 Å². The van der Waals surface area contributed by atoms with Crippen molar-refractivity contribution >= 4 is 40.0 Å². The SMILES string of the molecule is CCOC(=O)c1c(NC(=O)CCC(=O)OCC(=O)c2cccc(OC)c2)sc2c1CC[C@@H](c1ccccc1)C2. The Morgan fingerprint density at radius 3 is 2.54 bits per heavy atom. The van der Waals surface area contributed by atoms with E-state index in [0.717, 1.165) is 23.3 Å². The second kappa shape index (κ2) is 13.2. The first-order valence-electron chi connectivity index (χ1n) is 12.9. The van der Waals surface area contributed by atoms with E-state index in [9.17, 15) is 19.2 Å². The van der Waals surface area contributed by atoms with Crippen LogP contribution >= 0.6 is 11.3 Å². The number of benzene rings is 2. The summed E-state index contributed by atoms with van der Waals surface area (Å²) in [7, 11) is 1.50. The molecule has 0 fully saturated rings. The molecule has 4 rings (SSSR count). The van der Waals surface area contributed by atoms with Gasteiger partial charge in [0.25, 0.3) is 0 Å². The topological polar surface area (TPSA) is 108 Å². The van der Waals surface area contributed by atoms with Gasteiger partial charge in [-0.3, -0.25) is 14.4 Å². The van der Waals surface area contributed by atoms with Crippen LogP contribution in [0.1, 0.15) is 68.8 Å². The van der Waals surface area contributed by atoms with E-state index >= 15 is 0 Å². The van der Waals surface area contributed by atoms with Gasteiger partial charge < -0.3 is 19.5 Å². The molecule has 1 aliphatic rings. The Labute approximate surface area is 231 Å². The number of ether oxygens (including phenoxy) is 3. The monoisotopic (exact) mass is 549 g/mol. The molecule has 1 aliphatic carbocycles. The van der Waals surface area contributed by atoms with E-state index in [-0.39, 0.29) is 25.2 Å².